The molecule has 1 aromatic carbocycles. The summed E-state index contributed by atoms with van der Waals surface area (Å²) in [7, 11) is 1.89. The first-order valence-corrected chi connectivity index (χ1v) is 8.96. The van der Waals surface area contributed by atoms with Gasteiger partial charge in [-0.2, -0.15) is 0 Å². The molecular weight excluding hydrogens is 341 g/mol. The zero-order valence-corrected chi connectivity index (χ0v) is 14.8. The van der Waals surface area contributed by atoms with Gasteiger partial charge in [-0.3, -0.25) is 0 Å². The second-order valence-corrected chi connectivity index (χ2v) is 7.27. The summed E-state index contributed by atoms with van der Waals surface area (Å²) in [6.07, 6.45) is 2.29. The molecule has 1 aliphatic carbocycles. The smallest absolute Gasteiger partial charge is 0.161 e. The van der Waals surface area contributed by atoms with E-state index in [0.717, 1.165) is 36.7 Å². The largest absolute Gasteiger partial charge is 0.490 e. The van der Waals surface area contributed by atoms with Gasteiger partial charge in [-0.05, 0) is 37.9 Å². The molecule has 1 aliphatic heterocycles. The van der Waals surface area contributed by atoms with Gasteiger partial charge in [0, 0.05) is 41.3 Å². The van der Waals surface area contributed by atoms with Gasteiger partial charge in [0.25, 0.3) is 0 Å². The minimum absolute atomic E-state index is 0.0601. The van der Waals surface area contributed by atoms with Gasteiger partial charge in [-0.15, -0.1) is 0 Å². The number of nitrogens with one attached hydrogen (secondary N) is 1. The lowest BCUT2D eigenvalue weighted by Gasteiger charge is -2.19. The predicted molar refractivity (Wildman–Crippen MR) is 92.8 cm³/mol. The number of nitrogens with zero attached hydrogens (tertiary/aromatic N) is 1. The average Bonchev–Trinajstić information content (AvgIpc) is 3.39. The van der Waals surface area contributed by atoms with E-state index in [4.69, 9.17) is 4.74 Å². The molecule has 0 radical (unpaired) electrons. The molecule has 26 heavy (non-hydrogen) atoms. The van der Waals surface area contributed by atoms with Crippen molar-refractivity contribution in [3.8, 4) is 17.0 Å². The maximum Gasteiger partial charge on any atom is 0.161 e. The van der Waals surface area contributed by atoms with Gasteiger partial charge in [0.15, 0.2) is 11.6 Å². The summed E-state index contributed by atoms with van der Waals surface area (Å²) in [6.45, 7) is 3.27. The Balaban J connectivity index is 1.89. The van der Waals surface area contributed by atoms with Crippen LogP contribution in [0.5, 0.6) is 5.75 Å². The first-order valence-electron chi connectivity index (χ1n) is 8.96. The third-order valence-corrected chi connectivity index (χ3v) is 5.29. The number of hydrogen-bond donors (Lipinski definition) is 1. The number of hydrogen-bond acceptors (Lipinski definition) is 3. The van der Waals surface area contributed by atoms with E-state index in [1.165, 1.54) is 0 Å². The number of likely N-dealkylation sites (N-methyl/N-ethyl adjacent to an activating group) is 1. The fraction of sp³-hybridized carbons (Fsp3) is 0.450. The summed E-state index contributed by atoms with van der Waals surface area (Å²) in [4.78, 5) is 4.67. The summed E-state index contributed by atoms with van der Waals surface area (Å²) in [5.41, 5.74) is 2.02. The lowest BCUT2D eigenvalue weighted by Crippen LogP contribution is -2.20. The SMILES string of the molecule is CNCC(c1cc2c(c(-c3cc(F)c(F)cc3F)n1)OCC2C)C1CC1. The number of fused-ring (bicyclic) bond motifs is 1. The quantitative estimate of drug-likeness (QED) is 0.802. The summed E-state index contributed by atoms with van der Waals surface area (Å²) < 4.78 is 47.3. The molecule has 2 atom stereocenters. The molecule has 0 saturated heterocycles. The first kappa shape index (κ1) is 17.3. The fourth-order valence-corrected chi connectivity index (χ4v) is 3.70. The number of benzene rings is 1. The molecule has 4 rings (SSSR count). The lowest BCUT2D eigenvalue weighted by atomic mass is 9.93. The van der Waals surface area contributed by atoms with Crippen LogP contribution in [0.15, 0.2) is 18.2 Å². The van der Waals surface area contributed by atoms with Crippen molar-refractivity contribution >= 4 is 0 Å². The molecular formula is C20H21F3N2O. The van der Waals surface area contributed by atoms with Crippen LogP contribution < -0.4 is 10.1 Å². The van der Waals surface area contributed by atoms with E-state index in [9.17, 15) is 13.2 Å². The Labute approximate surface area is 150 Å². The summed E-state index contributed by atoms with van der Waals surface area (Å²) in [5.74, 6) is -1.76. The van der Waals surface area contributed by atoms with Gasteiger partial charge < -0.3 is 10.1 Å². The Kier molecular flexibility index (Phi) is 4.39. The Hall–Kier alpha value is -2.08. The molecule has 1 saturated carbocycles. The van der Waals surface area contributed by atoms with Crippen molar-refractivity contribution in [2.45, 2.75) is 31.6 Å². The molecule has 1 N–H and O–H groups in total. The molecule has 2 aliphatic rings. The van der Waals surface area contributed by atoms with Crippen LogP contribution in [0.2, 0.25) is 0 Å². The summed E-state index contributed by atoms with van der Waals surface area (Å²) in [5, 5.41) is 3.20. The van der Waals surface area contributed by atoms with Crippen molar-refractivity contribution in [3.63, 3.8) is 0 Å². The fourth-order valence-electron chi connectivity index (χ4n) is 3.70. The van der Waals surface area contributed by atoms with Gasteiger partial charge in [0.05, 0.1) is 6.61 Å². The second-order valence-electron chi connectivity index (χ2n) is 7.27. The van der Waals surface area contributed by atoms with E-state index in [1.54, 1.807) is 0 Å². The summed E-state index contributed by atoms with van der Waals surface area (Å²) >= 11 is 0. The van der Waals surface area contributed by atoms with Crippen molar-refractivity contribution in [3.05, 3.63) is 46.9 Å². The highest BCUT2D eigenvalue weighted by molar-refractivity contribution is 5.70. The van der Waals surface area contributed by atoms with E-state index in [2.05, 4.69) is 10.3 Å². The van der Waals surface area contributed by atoms with E-state index in [1.807, 2.05) is 20.0 Å². The Morgan fingerprint density at radius 3 is 2.58 bits per heavy atom. The summed E-state index contributed by atoms with van der Waals surface area (Å²) in [6, 6.07) is 3.47. The normalized spacial score (nSPS) is 20.0. The van der Waals surface area contributed by atoms with E-state index >= 15 is 0 Å². The van der Waals surface area contributed by atoms with Gasteiger partial charge in [0.1, 0.15) is 17.3 Å². The van der Waals surface area contributed by atoms with Gasteiger partial charge >= 0.3 is 0 Å². The van der Waals surface area contributed by atoms with Crippen LogP contribution in [0.25, 0.3) is 11.3 Å². The Morgan fingerprint density at radius 2 is 1.88 bits per heavy atom. The Bertz CT molecular complexity index is 851. The molecule has 0 bridgehead atoms. The van der Waals surface area contributed by atoms with Crippen LogP contribution in [-0.4, -0.2) is 25.2 Å². The molecule has 0 spiro atoms. The van der Waals surface area contributed by atoms with Crippen LogP contribution >= 0.6 is 0 Å². The minimum Gasteiger partial charge on any atom is -0.490 e. The zero-order chi connectivity index (χ0) is 18.4. The molecule has 1 fully saturated rings. The van der Waals surface area contributed by atoms with Crippen molar-refractivity contribution in [1.82, 2.24) is 10.3 Å². The number of aromatic nitrogens is 1. The maximum atomic E-state index is 14.4. The van der Waals surface area contributed by atoms with Crippen LogP contribution in [0.1, 0.15) is 42.9 Å². The van der Waals surface area contributed by atoms with Gasteiger partial charge in [0.2, 0.25) is 0 Å². The van der Waals surface area contributed by atoms with Crippen molar-refractivity contribution in [1.29, 1.82) is 0 Å². The van der Waals surface area contributed by atoms with Crippen LogP contribution in [0, 0.1) is 23.4 Å². The average molecular weight is 362 g/mol. The highest BCUT2D eigenvalue weighted by Crippen LogP contribution is 2.46. The minimum atomic E-state index is -1.21. The van der Waals surface area contributed by atoms with Crippen molar-refractivity contribution in [2.75, 3.05) is 20.2 Å². The maximum absolute atomic E-state index is 14.4. The van der Waals surface area contributed by atoms with Gasteiger partial charge in [-0.1, -0.05) is 6.92 Å². The molecule has 138 valence electrons. The number of ether oxygens (including phenoxy) is 1. The standard InChI is InChI=1S/C20H21F3N2O/c1-10-9-26-20-12(10)6-18(14(8-24-2)11-3-4-11)25-19(20)13-5-16(22)17(23)7-15(13)21/h5-7,10-11,14,24H,3-4,8-9H2,1-2H3. The molecule has 0 amide bonds. The number of rotatable bonds is 5. The van der Waals surface area contributed by atoms with E-state index < -0.39 is 17.5 Å². The number of halogens is 3. The third kappa shape index (κ3) is 2.96. The molecule has 6 heteroatoms. The van der Waals surface area contributed by atoms with Crippen molar-refractivity contribution in [2.24, 2.45) is 5.92 Å². The molecule has 1 aromatic heterocycles. The molecule has 2 unspecified atom stereocenters. The van der Waals surface area contributed by atoms with Gasteiger partial charge in [-0.25, -0.2) is 18.2 Å². The molecule has 2 aromatic rings. The number of pyridine rings is 1. The Morgan fingerprint density at radius 1 is 1.15 bits per heavy atom. The lowest BCUT2D eigenvalue weighted by molar-refractivity contribution is 0.337. The first-order chi connectivity index (χ1) is 12.5. The highest BCUT2D eigenvalue weighted by atomic mass is 19.2. The van der Waals surface area contributed by atoms with E-state index in [0.29, 0.717) is 24.3 Å². The van der Waals surface area contributed by atoms with Crippen LogP contribution in [0.3, 0.4) is 0 Å². The monoisotopic (exact) mass is 362 g/mol. The molecule has 3 nitrogen and oxygen atoms in total. The topological polar surface area (TPSA) is 34.2 Å². The van der Waals surface area contributed by atoms with Crippen LogP contribution in [0.4, 0.5) is 13.2 Å². The third-order valence-electron chi connectivity index (χ3n) is 5.29. The van der Waals surface area contributed by atoms with E-state index in [-0.39, 0.29) is 23.1 Å². The zero-order valence-electron chi connectivity index (χ0n) is 14.8. The van der Waals surface area contributed by atoms with Crippen molar-refractivity contribution < 1.29 is 17.9 Å². The second kappa shape index (κ2) is 6.58. The molecule has 2 heterocycles. The van der Waals surface area contributed by atoms with Crippen LogP contribution in [-0.2, 0) is 0 Å². The predicted octanol–water partition coefficient (Wildman–Crippen LogP) is 4.37. The highest BCUT2D eigenvalue weighted by Gasteiger charge is 2.35.